The van der Waals surface area contributed by atoms with E-state index in [1.165, 1.54) is 0 Å². The van der Waals surface area contributed by atoms with Crippen LogP contribution >= 0.6 is 31.9 Å². The van der Waals surface area contributed by atoms with Crippen LogP contribution in [0.2, 0.25) is 0 Å². The van der Waals surface area contributed by atoms with Gasteiger partial charge in [0.15, 0.2) is 16.5 Å². The van der Waals surface area contributed by atoms with Crippen molar-refractivity contribution in [1.82, 2.24) is 9.78 Å². The van der Waals surface area contributed by atoms with Crippen molar-refractivity contribution in [2.45, 2.75) is 26.0 Å². The molecule has 19 heavy (non-hydrogen) atoms. The third-order valence-corrected chi connectivity index (χ3v) is 4.41. The molecule has 1 N–H and O–H groups in total. The molecule has 2 aromatic rings. The Balaban J connectivity index is 2.47. The lowest BCUT2D eigenvalue weighted by molar-refractivity contribution is 0.170. The van der Waals surface area contributed by atoms with Crippen LogP contribution in [0.4, 0.5) is 0 Å². The zero-order valence-electron chi connectivity index (χ0n) is 10.7. The van der Waals surface area contributed by atoms with Crippen molar-refractivity contribution in [2.75, 3.05) is 7.11 Å². The Kier molecular flexibility index (Phi) is 4.37. The standard InChI is InChI=1S/C12H14Br2N2O3/c1-6(2)16-10(9(18-3)5-15-16)11(17)8-4-7(13)12(14)19-8/h4-6,11,17H,1-3H3. The molecule has 5 nitrogen and oxygen atoms in total. The molecule has 0 saturated heterocycles. The van der Waals surface area contributed by atoms with Crippen LogP contribution in [0.1, 0.15) is 37.4 Å². The van der Waals surface area contributed by atoms with Crippen LogP contribution in [0.5, 0.6) is 5.75 Å². The van der Waals surface area contributed by atoms with Crippen LogP contribution in [0.15, 0.2) is 25.8 Å². The topological polar surface area (TPSA) is 60.4 Å². The number of hydrogen-bond donors (Lipinski definition) is 1. The van der Waals surface area contributed by atoms with Gasteiger partial charge in [-0.05, 0) is 51.8 Å². The molecule has 0 bridgehead atoms. The smallest absolute Gasteiger partial charge is 0.183 e. The number of halogens is 2. The van der Waals surface area contributed by atoms with Crippen molar-refractivity contribution in [1.29, 1.82) is 0 Å². The van der Waals surface area contributed by atoms with E-state index >= 15 is 0 Å². The Hall–Kier alpha value is -0.790. The molecule has 0 aromatic carbocycles. The number of methoxy groups -OCH3 is 1. The van der Waals surface area contributed by atoms with Crippen LogP contribution < -0.4 is 4.74 Å². The zero-order valence-corrected chi connectivity index (χ0v) is 13.9. The van der Waals surface area contributed by atoms with Crippen molar-refractivity contribution in [3.05, 3.63) is 32.9 Å². The lowest BCUT2D eigenvalue weighted by atomic mass is 10.2. The number of aliphatic hydroxyl groups excluding tert-OH is 1. The summed E-state index contributed by atoms with van der Waals surface area (Å²) in [5.41, 5.74) is 0.575. The number of hydrogen-bond acceptors (Lipinski definition) is 4. The van der Waals surface area contributed by atoms with Crippen molar-refractivity contribution >= 4 is 31.9 Å². The van der Waals surface area contributed by atoms with E-state index in [2.05, 4.69) is 37.0 Å². The van der Waals surface area contributed by atoms with Gasteiger partial charge in [-0.2, -0.15) is 5.10 Å². The summed E-state index contributed by atoms with van der Waals surface area (Å²) in [5.74, 6) is 0.948. The molecule has 2 rings (SSSR count). The quantitative estimate of drug-likeness (QED) is 0.860. The number of aliphatic hydroxyl groups is 1. The summed E-state index contributed by atoms with van der Waals surface area (Å²) in [4.78, 5) is 0. The number of aromatic nitrogens is 2. The molecule has 0 spiro atoms. The first-order valence-corrected chi connectivity index (χ1v) is 7.28. The molecule has 7 heteroatoms. The fourth-order valence-electron chi connectivity index (χ4n) is 1.82. The van der Waals surface area contributed by atoms with E-state index in [0.717, 1.165) is 4.47 Å². The first-order chi connectivity index (χ1) is 8.95. The highest BCUT2D eigenvalue weighted by atomic mass is 79.9. The largest absolute Gasteiger partial charge is 0.493 e. The Bertz CT molecular complexity index is 558. The van der Waals surface area contributed by atoms with E-state index in [-0.39, 0.29) is 6.04 Å². The Labute approximate surface area is 127 Å². The van der Waals surface area contributed by atoms with Crippen molar-refractivity contribution in [3.8, 4) is 5.75 Å². The maximum atomic E-state index is 10.5. The van der Waals surface area contributed by atoms with Gasteiger partial charge in [0.05, 0.1) is 17.8 Å². The van der Waals surface area contributed by atoms with Crippen molar-refractivity contribution in [3.63, 3.8) is 0 Å². The first-order valence-electron chi connectivity index (χ1n) is 5.69. The Morgan fingerprint density at radius 2 is 2.11 bits per heavy atom. The molecule has 0 aliphatic heterocycles. The minimum atomic E-state index is -0.942. The van der Waals surface area contributed by atoms with E-state index in [9.17, 15) is 5.11 Å². The lowest BCUT2D eigenvalue weighted by Gasteiger charge is -2.15. The fraction of sp³-hybridized carbons (Fsp3) is 0.417. The highest BCUT2D eigenvalue weighted by Gasteiger charge is 2.26. The van der Waals surface area contributed by atoms with Gasteiger partial charge in [0, 0.05) is 6.04 Å². The zero-order chi connectivity index (χ0) is 14.2. The number of furan rings is 1. The van der Waals surface area contributed by atoms with Crippen LogP contribution in [0, 0.1) is 0 Å². The molecule has 0 amide bonds. The van der Waals surface area contributed by atoms with Crippen LogP contribution in [0.25, 0.3) is 0 Å². The molecule has 0 aliphatic rings. The third kappa shape index (κ3) is 2.73. The van der Waals surface area contributed by atoms with Gasteiger partial charge < -0.3 is 14.3 Å². The van der Waals surface area contributed by atoms with Gasteiger partial charge in [-0.15, -0.1) is 0 Å². The van der Waals surface area contributed by atoms with Gasteiger partial charge in [0.25, 0.3) is 0 Å². The van der Waals surface area contributed by atoms with Gasteiger partial charge in [-0.3, -0.25) is 4.68 Å². The monoisotopic (exact) mass is 392 g/mol. The summed E-state index contributed by atoms with van der Waals surface area (Å²) in [6, 6.07) is 1.82. The number of ether oxygens (including phenoxy) is 1. The minimum Gasteiger partial charge on any atom is -0.493 e. The molecular weight excluding hydrogens is 380 g/mol. The van der Waals surface area contributed by atoms with E-state index in [4.69, 9.17) is 9.15 Å². The maximum absolute atomic E-state index is 10.5. The molecule has 0 saturated carbocycles. The van der Waals surface area contributed by atoms with Gasteiger partial charge in [0.1, 0.15) is 11.5 Å². The molecule has 2 heterocycles. The molecule has 1 atom stereocenters. The average molecular weight is 394 g/mol. The van der Waals surface area contributed by atoms with E-state index < -0.39 is 6.10 Å². The third-order valence-electron chi connectivity index (χ3n) is 2.70. The molecule has 104 valence electrons. The summed E-state index contributed by atoms with van der Waals surface area (Å²) in [6.07, 6.45) is 0.647. The van der Waals surface area contributed by atoms with Crippen LogP contribution in [-0.4, -0.2) is 22.0 Å². The Morgan fingerprint density at radius 3 is 2.58 bits per heavy atom. The van der Waals surface area contributed by atoms with Gasteiger partial charge >= 0.3 is 0 Å². The number of rotatable bonds is 4. The second kappa shape index (κ2) is 5.68. The van der Waals surface area contributed by atoms with E-state index in [0.29, 0.717) is 21.9 Å². The molecule has 0 fully saturated rings. The molecule has 0 radical (unpaired) electrons. The van der Waals surface area contributed by atoms with Crippen LogP contribution in [-0.2, 0) is 0 Å². The second-order valence-corrected chi connectivity index (χ2v) is 5.88. The Morgan fingerprint density at radius 1 is 1.42 bits per heavy atom. The van der Waals surface area contributed by atoms with Crippen molar-refractivity contribution < 1.29 is 14.3 Å². The molecular formula is C12H14Br2N2O3. The second-order valence-electron chi connectivity index (χ2n) is 4.31. The highest BCUT2D eigenvalue weighted by Crippen LogP contribution is 2.36. The molecule has 0 aliphatic carbocycles. The fourth-order valence-corrected chi connectivity index (χ4v) is 2.43. The first kappa shape index (κ1) is 14.6. The van der Waals surface area contributed by atoms with Crippen LogP contribution in [0.3, 0.4) is 0 Å². The predicted molar refractivity (Wildman–Crippen MR) is 77.3 cm³/mol. The van der Waals surface area contributed by atoms with Gasteiger partial charge in [0.2, 0.25) is 0 Å². The normalized spacial score (nSPS) is 13.0. The number of nitrogens with zero attached hydrogens (tertiary/aromatic N) is 2. The minimum absolute atomic E-state index is 0.107. The predicted octanol–water partition coefficient (Wildman–Crippen LogP) is 3.67. The summed E-state index contributed by atoms with van der Waals surface area (Å²) >= 11 is 6.58. The molecule has 1 unspecified atom stereocenters. The van der Waals surface area contributed by atoms with E-state index in [1.54, 1.807) is 24.1 Å². The highest BCUT2D eigenvalue weighted by molar-refractivity contribution is 9.13. The van der Waals surface area contributed by atoms with Gasteiger partial charge in [-0.1, -0.05) is 0 Å². The summed E-state index contributed by atoms with van der Waals surface area (Å²) < 4.78 is 13.7. The van der Waals surface area contributed by atoms with E-state index in [1.807, 2.05) is 13.8 Å². The molecule has 2 aromatic heterocycles. The van der Waals surface area contributed by atoms with Gasteiger partial charge in [-0.25, -0.2) is 0 Å². The maximum Gasteiger partial charge on any atom is 0.183 e. The van der Waals surface area contributed by atoms with Crippen molar-refractivity contribution in [2.24, 2.45) is 0 Å². The summed E-state index contributed by atoms with van der Waals surface area (Å²) in [6.45, 7) is 3.97. The SMILES string of the molecule is COc1cnn(C(C)C)c1C(O)c1cc(Br)c(Br)o1. The lowest BCUT2D eigenvalue weighted by Crippen LogP contribution is -2.12. The summed E-state index contributed by atoms with van der Waals surface area (Å²) in [7, 11) is 1.55. The average Bonchev–Trinajstić information content (AvgIpc) is 2.93. The summed E-state index contributed by atoms with van der Waals surface area (Å²) in [5, 5.41) is 14.7.